The number of hydrogen-bond acceptors (Lipinski definition) is 2. The molecule has 2 nitrogen and oxygen atoms in total. The highest BCUT2D eigenvalue weighted by molar-refractivity contribution is 7.29. The monoisotopic (exact) mass is 155 g/mol. The van der Waals surface area contributed by atoms with E-state index < -0.39 is 14.7 Å². The van der Waals surface area contributed by atoms with Gasteiger partial charge in [0.2, 0.25) is 0 Å². The molecule has 0 spiro atoms. The van der Waals surface area contributed by atoms with Gasteiger partial charge < -0.3 is 10.00 Å². The van der Waals surface area contributed by atoms with Gasteiger partial charge in [0.15, 0.2) is 0 Å². The van der Waals surface area contributed by atoms with Crippen LogP contribution in [0.2, 0.25) is 0 Å². The van der Waals surface area contributed by atoms with Gasteiger partial charge in [0.1, 0.15) is 0 Å². The molecule has 0 bridgehead atoms. The van der Waals surface area contributed by atoms with E-state index >= 15 is 0 Å². The minimum absolute atomic E-state index is 0.685. The van der Waals surface area contributed by atoms with E-state index in [1.165, 1.54) is 0 Å². The van der Waals surface area contributed by atoms with Crippen molar-refractivity contribution in [1.82, 2.24) is 0 Å². The van der Waals surface area contributed by atoms with Crippen molar-refractivity contribution in [3.8, 4) is 0 Å². The predicted molar refractivity (Wildman–Crippen MR) is 39.7 cm³/mol. The molecule has 1 N–H and O–H groups in total. The van der Waals surface area contributed by atoms with Crippen LogP contribution in [0.1, 0.15) is 11.4 Å². The predicted octanol–water partition coefficient (Wildman–Crippen LogP) is 0.631. The van der Waals surface area contributed by atoms with Crippen LogP contribution in [0, 0.1) is 0 Å². The second-order valence-corrected chi connectivity index (χ2v) is 2.71. The summed E-state index contributed by atoms with van der Waals surface area (Å²) >= 11 is 0. The lowest BCUT2D eigenvalue weighted by atomic mass is 10.2. The molecular weight excluding hydrogens is 147 g/mol. The maximum absolute atomic E-state index is 10.2. The summed E-state index contributed by atoms with van der Waals surface area (Å²) < 4.78 is 0. The Labute approximate surface area is 61.4 Å². The Morgan fingerprint density at radius 2 is 1.90 bits per heavy atom. The second-order valence-electron chi connectivity index (χ2n) is 1.93. The minimum atomic E-state index is -0.818. The third kappa shape index (κ3) is 1.77. The van der Waals surface area contributed by atoms with Crippen LogP contribution in [0.25, 0.3) is 0 Å². The van der Waals surface area contributed by atoms with Crippen molar-refractivity contribution in [2.45, 2.75) is 5.85 Å². The van der Waals surface area contributed by atoms with Gasteiger partial charge in [0, 0.05) is 0 Å². The maximum atomic E-state index is 10.2. The summed E-state index contributed by atoms with van der Waals surface area (Å²) in [5, 5.41) is 9.03. The highest BCUT2D eigenvalue weighted by Gasteiger charge is 1.97. The Morgan fingerprint density at radius 3 is 2.40 bits per heavy atom. The fraction of sp³-hybridized carbons (Fsp3) is 0.143. The second kappa shape index (κ2) is 3.67. The Morgan fingerprint density at radius 1 is 1.30 bits per heavy atom. The van der Waals surface area contributed by atoms with Gasteiger partial charge in [0.05, 0.1) is 5.85 Å². The summed E-state index contributed by atoms with van der Waals surface area (Å²) in [5.74, 6) is -0.818. The van der Waals surface area contributed by atoms with E-state index in [1.54, 1.807) is 24.3 Å². The molecule has 2 atom stereocenters. The molecule has 3 heteroatoms. The summed E-state index contributed by atoms with van der Waals surface area (Å²) in [4.78, 5) is 10.2. The van der Waals surface area contributed by atoms with Gasteiger partial charge in [-0.05, 0) is 5.56 Å². The van der Waals surface area contributed by atoms with Crippen LogP contribution in [0.15, 0.2) is 30.3 Å². The van der Waals surface area contributed by atoms with Gasteiger partial charge in [-0.1, -0.05) is 30.3 Å². The molecule has 0 saturated carbocycles. The zero-order valence-corrected chi connectivity index (χ0v) is 6.32. The Balaban J connectivity index is 2.75. The smallest absolute Gasteiger partial charge is 0.0803 e. The van der Waals surface area contributed by atoms with E-state index in [1.807, 2.05) is 6.07 Å². The average Bonchev–Trinajstić information content (AvgIpc) is 2.05. The maximum Gasteiger partial charge on any atom is 0.0803 e. The van der Waals surface area contributed by atoms with E-state index in [-0.39, 0.29) is 0 Å². The Hall–Kier alpha value is -0.430. The molecule has 2 unspecified atom stereocenters. The zero-order chi connectivity index (χ0) is 7.40. The molecule has 0 fully saturated rings. The van der Waals surface area contributed by atoms with Gasteiger partial charge in [-0.15, -0.1) is 0 Å². The van der Waals surface area contributed by atoms with Gasteiger partial charge in [0.25, 0.3) is 0 Å². The van der Waals surface area contributed by atoms with Crippen molar-refractivity contribution in [3.05, 3.63) is 35.9 Å². The van der Waals surface area contributed by atoms with Crippen LogP contribution in [0.4, 0.5) is 0 Å². The third-order valence-corrected chi connectivity index (χ3v) is 1.78. The van der Waals surface area contributed by atoms with Crippen LogP contribution in [0.3, 0.4) is 0 Å². The summed E-state index contributed by atoms with van der Waals surface area (Å²) in [7, 11) is -0.685. The lowest BCUT2D eigenvalue weighted by Gasteiger charge is -2.13. The first kappa shape index (κ1) is 7.67. The first-order chi connectivity index (χ1) is 4.84. The molecule has 1 aromatic carbocycles. The highest BCUT2D eigenvalue weighted by atomic mass is 31.1. The number of aliphatic hydroxyl groups excluding tert-OH is 1. The summed E-state index contributed by atoms with van der Waals surface area (Å²) in [6, 6.07) is 8.95. The van der Waals surface area contributed by atoms with Crippen molar-refractivity contribution in [2.24, 2.45) is 0 Å². The number of rotatable bonds is 2. The van der Waals surface area contributed by atoms with Crippen LogP contribution < -0.4 is 4.89 Å². The van der Waals surface area contributed by atoms with E-state index in [9.17, 15) is 4.89 Å². The molecule has 0 aliphatic carbocycles. The SMILES string of the molecule is [O-]PC(O)c1ccccc1. The fourth-order valence-corrected chi connectivity index (χ4v) is 1.03. The van der Waals surface area contributed by atoms with E-state index in [0.29, 0.717) is 5.56 Å². The Bertz CT molecular complexity index is 188. The molecular formula is C7H8O2P-. The van der Waals surface area contributed by atoms with Crippen molar-refractivity contribution in [1.29, 1.82) is 0 Å². The van der Waals surface area contributed by atoms with E-state index in [4.69, 9.17) is 5.11 Å². The standard InChI is InChI=1S/C7H8O2P/c8-7(10-9)6-4-2-1-3-5-6/h1-5,7-8,10H/q-1. The molecule has 1 aromatic rings. The first-order valence-electron chi connectivity index (χ1n) is 2.95. The van der Waals surface area contributed by atoms with Crippen molar-refractivity contribution < 1.29 is 10.00 Å². The van der Waals surface area contributed by atoms with Crippen LogP contribution in [0.5, 0.6) is 0 Å². The molecule has 10 heavy (non-hydrogen) atoms. The van der Waals surface area contributed by atoms with Crippen LogP contribution >= 0.6 is 8.81 Å². The zero-order valence-electron chi connectivity index (χ0n) is 5.32. The summed E-state index contributed by atoms with van der Waals surface area (Å²) in [6.07, 6.45) is 0. The normalized spacial score (nSPS) is 14.2. The lowest BCUT2D eigenvalue weighted by Crippen LogP contribution is -1.94. The molecule has 0 amide bonds. The van der Waals surface area contributed by atoms with Gasteiger partial charge in [-0.3, -0.25) is 0 Å². The van der Waals surface area contributed by atoms with E-state index in [0.717, 1.165) is 0 Å². The summed E-state index contributed by atoms with van der Waals surface area (Å²) in [6.45, 7) is 0. The van der Waals surface area contributed by atoms with Crippen LogP contribution in [-0.4, -0.2) is 5.11 Å². The van der Waals surface area contributed by atoms with Crippen molar-refractivity contribution in [3.63, 3.8) is 0 Å². The topological polar surface area (TPSA) is 43.3 Å². The number of aliphatic hydroxyl groups is 1. The highest BCUT2D eigenvalue weighted by Crippen LogP contribution is 2.24. The average molecular weight is 155 g/mol. The van der Waals surface area contributed by atoms with Crippen molar-refractivity contribution >= 4 is 8.81 Å². The summed E-state index contributed by atoms with van der Waals surface area (Å²) in [5.41, 5.74) is 0.704. The molecule has 0 aliphatic rings. The molecule has 54 valence electrons. The van der Waals surface area contributed by atoms with Crippen molar-refractivity contribution in [2.75, 3.05) is 0 Å². The molecule has 0 aliphatic heterocycles. The molecule has 0 saturated heterocycles. The van der Waals surface area contributed by atoms with Gasteiger partial charge >= 0.3 is 0 Å². The minimum Gasteiger partial charge on any atom is -0.830 e. The largest absolute Gasteiger partial charge is 0.830 e. The fourth-order valence-electron chi connectivity index (χ4n) is 0.703. The quantitative estimate of drug-likeness (QED) is 0.636. The van der Waals surface area contributed by atoms with Crippen LogP contribution in [-0.2, 0) is 0 Å². The molecule has 0 aromatic heterocycles. The first-order valence-corrected chi connectivity index (χ1v) is 3.94. The number of hydrogen-bond donors (Lipinski definition) is 1. The van der Waals surface area contributed by atoms with E-state index in [2.05, 4.69) is 0 Å². The van der Waals surface area contributed by atoms with Gasteiger partial charge in [-0.2, -0.15) is 8.81 Å². The molecule has 1 rings (SSSR count). The molecule has 0 heterocycles. The number of benzene rings is 1. The Kier molecular flexibility index (Phi) is 2.82. The molecule has 0 radical (unpaired) electrons. The lowest BCUT2D eigenvalue weighted by molar-refractivity contribution is -0.157. The van der Waals surface area contributed by atoms with Gasteiger partial charge in [-0.25, -0.2) is 0 Å². The third-order valence-electron chi connectivity index (χ3n) is 1.23.